The molecular weight excluding hydrogens is 450 g/mol. The van der Waals surface area contributed by atoms with Crippen molar-refractivity contribution < 1.29 is 35.9 Å². The van der Waals surface area contributed by atoms with Crippen molar-refractivity contribution in [3.05, 3.63) is 29.8 Å². The maximum atomic E-state index is 13.0. The first-order valence-electron chi connectivity index (χ1n) is 9.30. The quantitative estimate of drug-likeness (QED) is 0.461. The summed E-state index contributed by atoms with van der Waals surface area (Å²) in [6, 6.07) is 4.41. The highest BCUT2D eigenvalue weighted by atomic mass is 32.2. The lowest BCUT2D eigenvalue weighted by Gasteiger charge is -2.38. The lowest BCUT2D eigenvalue weighted by molar-refractivity contribution is -0.145. The van der Waals surface area contributed by atoms with Gasteiger partial charge in [0.1, 0.15) is 17.8 Å². The Kier molecular flexibility index (Phi) is 8.03. The van der Waals surface area contributed by atoms with Crippen LogP contribution in [0.4, 0.5) is 0 Å². The molecule has 1 amide bonds. The number of sulfonamides is 2. The van der Waals surface area contributed by atoms with Gasteiger partial charge in [-0.15, -0.1) is 0 Å². The van der Waals surface area contributed by atoms with Gasteiger partial charge in [0.2, 0.25) is 26.0 Å². The lowest BCUT2D eigenvalue weighted by atomic mass is 10.0. The van der Waals surface area contributed by atoms with E-state index in [0.717, 1.165) is 21.1 Å². The Morgan fingerprint density at radius 3 is 2.16 bits per heavy atom. The molecule has 0 saturated carbocycles. The number of hydrogen-bond donors (Lipinski definition) is 1. The summed E-state index contributed by atoms with van der Waals surface area (Å²) in [7, 11) is -4.74. The second kappa shape index (κ2) is 9.94. The van der Waals surface area contributed by atoms with Crippen LogP contribution in [0.15, 0.2) is 24.3 Å². The number of methoxy groups -OCH3 is 2. The molecule has 13 heteroatoms. The topological polar surface area (TPSA) is 139 Å². The van der Waals surface area contributed by atoms with Crippen LogP contribution in [0.3, 0.4) is 0 Å². The lowest BCUT2D eigenvalue weighted by Crippen LogP contribution is -2.62. The largest absolute Gasteiger partial charge is 0.497 e. The molecule has 2 rings (SSSR count). The molecule has 1 fully saturated rings. The summed E-state index contributed by atoms with van der Waals surface area (Å²) >= 11 is 0. The van der Waals surface area contributed by atoms with Crippen molar-refractivity contribution in [2.24, 2.45) is 0 Å². The average molecular weight is 478 g/mol. The number of carbonyl (C=O) groups is 2. The van der Waals surface area contributed by atoms with Gasteiger partial charge in [-0.2, -0.15) is 8.61 Å². The summed E-state index contributed by atoms with van der Waals surface area (Å²) < 4.78 is 60.0. The number of nitrogens with zero attached hydrogens (tertiary/aromatic N) is 2. The third-order valence-corrected chi connectivity index (χ3v) is 7.45. The molecule has 31 heavy (non-hydrogen) atoms. The fraction of sp³-hybridized carbons (Fsp3) is 0.556. The third-order valence-electron chi connectivity index (χ3n) is 4.89. The van der Waals surface area contributed by atoms with E-state index in [4.69, 9.17) is 9.47 Å². The molecule has 2 atom stereocenters. The number of ether oxygens (including phenoxy) is 2. The number of amides is 1. The number of carbonyl (C=O) groups excluding carboxylic acids is 2. The van der Waals surface area contributed by atoms with Gasteiger partial charge in [0, 0.05) is 26.1 Å². The van der Waals surface area contributed by atoms with Crippen molar-refractivity contribution in [1.29, 1.82) is 0 Å². The summed E-state index contributed by atoms with van der Waals surface area (Å²) in [5, 5.41) is 2.52. The molecule has 0 unspecified atom stereocenters. The third kappa shape index (κ3) is 6.63. The van der Waals surface area contributed by atoms with Crippen molar-refractivity contribution >= 4 is 31.9 Å². The van der Waals surface area contributed by atoms with Gasteiger partial charge in [0.25, 0.3) is 0 Å². The van der Waals surface area contributed by atoms with Gasteiger partial charge >= 0.3 is 5.97 Å². The Morgan fingerprint density at radius 2 is 1.68 bits per heavy atom. The van der Waals surface area contributed by atoms with Gasteiger partial charge in [0.15, 0.2) is 0 Å². The zero-order valence-electron chi connectivity index (χ0n) is 17.8. The van der Waals surface area contributed by atoms with E-state index in [1.165, 1.54) is 14.2 Å². The normalized spacial score (nSPS) is 19.4. The highest BCUT2D eigenvalue weighted by Gasteiger charge is 2.41. The Bertz CT molecular complexity index is 1010. The Hall–Kier alpha value is -2.22. The van der Waals surface area contributed by atoms with Crippen LogP contribution in [-0.2, 0) is 40.8 Å². The van der Waals surface area contributed by atoms with Crippen LogP contribution in [0.5, 0.6) is 5.75 Å². The predicted molar refractivity (Wildman–Crippen MR) is 112 cm³/mol. The van der Waals surface area contributed by atoms with Gasteiger partial charge in [-0.05, 0) is 17.7 Å². The van der Waals surface area contributed by atoms with E-state index in [-0.39, 0.29) is 26.1 Å². The molecular formula is C18H27N3O8S2. The zero-order chi connectivity index (χ0) is 23.4. The van der Waals surface area contributed by atoms with Crippen molar-refractivity contribution in [2.75, 3.05) is 46.4 Å². The molecule has 174 valence electrons. The van der Waals surface area contributed by atoms with Gasteiger partial charge in [0.05, 0.1) is 26.7 Å². The number of hydrogen-bond acceptors (Lipinski definition) is 8. The van der Waals surface area contributed by atoms with Crippen LogP contribution in [0, 0.1) is 0 Å². The summed E-state index contributed by atoms with van der Waals surface area (Å²) in [6.07, 6.45) is 2.02. The smallest absolute Gasteiger partial charge is 0.328 e. The summed E-state index contributed by atoms with van der Waals surface area (Å²) in [5.41, 5.74) is 0.706. The molecule has 1 aliphatic heterocycles. The SMILES string of the molecule is COC(=O)[C@H](Cc1ccc(OC)cc1)NC(=O)[C@H]1CN(S(C)(=O)=O)CCN1S(C)(=O)=O. The van der Waals surface area contributed by atoms with E-state index >= 15 is 0 Å². The Labute approximate surface area is 182 Å². The molecule has 1 heterocycles. The van der Waals surface area contributed by atoms with Crippen molar-refractivity contribution in [1.82, 2.24) is 13.9 Å². The molecule has 0 spiro atoms. The predicted octanol–water partition coefficient (Wildman–Crippen LogP) is -1.20. The van der Waals surface area contributed by atoms with Gasteiger partial charge < -0.3 is 14.8 Å². The van der Waals surface area contributed by atoms with Crippen molar-refractivity contribution in [2.45, 2.75) is 18.5 Å². The first-order chi connectivity index (χ1) is 14.4. The van der Waals surface area contributed by atoms with Crippen molar-refractivity contribution in [3.63, 3.8) is 0 Å². The van der Waals surface area contributed by atoms with E-state index in [1.807, 2.05) is 0 Å². The van der Waals surface area contributed by atoms with E-state index in [9.17, 15) is 26.4 Å². The second-order valence-corrected chi connectivity index (χ2v) is 11.1. The highest BCUT2D eigenvalue weighted by Crippen LogP contribution is 2.17. The number of rotatable bonds is 8. The van der Waals surface area contributed by atoms with Gasteiger partial charge in [-0.3, -0.25) is 4.79 Å². The molecule has 1 aromatic carbocycles. The van der Waals surface area contributed by atoms with Crippen LogP contribution >= 0.6 is 0 Å². The zero-order valence-corrected chi connectivity index (χ0v) is 19.4. The maximum absolute atomic E-state index is 13.0. The van der Waals surface area contributed by atoms with Gasteiger partial charge in [-0.1, -0.05) is 12.1 Å². The monoisotopic (exact) mass is 477 g/mol. The molecule has 1 saturated heterocycles. The molecule has 1 N–H and O–H groups in total. The minimum atomic E-state index is -3.80. The minimum Gasteiger partial charge on any atom is -0.497 e. The Balaban J connectivity index is 2.26. The van der Waals surface area contributed by atoms with Crippen LogP contribution in [0.1, 0.15) is 5.56 Å². The van der Waals surface area contributed by atoms with E-state index < -0.39 is 44.0 Å². The number of piperazine rings is 1. The minimum absolute atomic E-state index is 0.0675. The average Bonchev–Trinajstić information content (AvgIpc) is 2.71. The molecule has 1 aromatic rings. The maximum Gasteiger partial charge on any atom is 0.328 e. The number of esters is 1. The fourth-order valence-corrected chi connectivity index (χ4v) is 5.12. The standard InChI is InChI=1S/C18H27N3O8S2/c1-28-14-7-5-13(6-8-14)11-15(18(23)29-2)19-17(22)16-12-20(30(3,24)25)9-10-21(16)31(4,26)27/h5-8,15-16H,9-12H2,1-4H3,(H,19,22)/t15-,16+/m0/s1. The highest BCUT2D eigenvalue weighted by molar-refractivity contribution is 7.88. The Morgan fingerprint density at radius 1 is 1.06 bits per heavy atom. The van der Waals surface area contributed by atoms with Crippen LogP contribution in [0.2, 0.25) is 0 Å². The number of benzene rings is 1. The molecule has 1 aliphatic rings. The first kappa shape index (κ1) is 25.0. The molecule has 0 aliphatic carbocycles. The molecule has 0 bridgehead atoms. The van der Waals surface area contributed by atoms with Crippen molar-refractivity contribution in [3.8, 4) is 5.75 Å². The van der Waals surface area contributed by atoms with Crippen LogP contribution in [0.25, 0.3) is 0 Å². The second-order valence-electron chi connectivity index (χ2n) is 7.15. The fourth-order valence-electron chi connectivity index (χ4n) is 3.25. The molecule has 11 nitrogen and oxygen atoms in total. The van der Waals surface area contributed by atoms with E-state index in [0.29, 0.717) is 11.3 Å². The van der Waals surface area contributed by atoms with E-state index in [2.05, 4.69) is 5.32 Å². The van der Waals surface area contributed by atoms with Gasteiger partial charge in [-0.25, -0.2) is 21.6 Å². The first-order valence-corrected chi connectivity index (χ1v) is 13.0. The summed E-state index contributed by atoms with van der Waals surface area (Å²) in [6.45, 7) is -0.596. The number of nitrogens with one attached hydrogen (secondary N) is 1. The summed E-state index contributed by atoms with van der Waals surface area (Å²) in [5.74, 6) is -0.886. The van der Waals surface area contributed by atoms with Crippen LogP contribution < -0.4 is 10.1 Å². The molecule has 0 radical (unpaired) electrons. The summed E-state index contributed by atoms with van der Waals surface area (Å²) in [4.78, 5) is 25.2. The van der Waals surface area contributed by atoms with E-state index in [1.54, 1.807) is 24.3 Å². The van der Waals surface area contributed by atoms with Crippen LogP contribution in [-0.4, -0.2) is 95.8 Å². The molecule has 0 aromatic heterocycles.